The van der Waals surface area contributed by atoms with Crippen LogP contribution in [0.3, 0.4) is 0 Å². The Hall–Kier alpha value is -5.81. The monoisotopic (exact) mass is 663 g/mol. The van der Waals surface area contributed by atoms with E-state index in [2.05, 4.69) is 107 Å². The molecule has 11 nitrogen and oxygen atoms in total. The van der Waals surface area contributed by atoms with Crippen molar-refractivity contribution >= 4 is 29.3 Å². The lowest BCUT2D eigenvalue weighted by atomic mass is 9.95. The average Bonchev–Trinajstić information content (AvgIpc) is 3.79. The predicted molar refractivity (Wildman–Crippen MR) is 201 cm³/mol. The third-order valence-corrected chi connectivity index (χ3v) is 9.79. The largest absolute Gasteiger partial charge is 0.361 e. The van der Waals surface area contributed by atoms with Crippen molar-refractivity contribution in [2.75, 3.05) is 25.6 Å². The van der Waals surface area contributed by atoms with E-state index < -0.39 is 0 Å². The van der Waals surface area contributed by atoms with Gasteiger partial charge in [-0.25, -0.2) is 15.0 Å². The van der Waals surface area contributed by atoms with Crippen LogP contribution in [0.25, 0.3) is 44.8 Å². The highest BCUT2D eigenvalue weighted by Gasteiger charge is 2.24. The topological polar surface area (TPSA) is 123 Å². The van der Waals surface area contributed by atoms with E-state index in [0.29, 0.717) is 17.6 Å². The molecule has 1 saturated heterocycles. The Bertz CT molecular complexity index is 2130. The first-order valence-electron chi connectivity index (χ1n) is 17.1. The summed E-state index contributed by atoms with van der Waals surface area (Å²) in [5.74, 6) is 2.66. The Morgan fingerprint density at radius 3 is 2.50 bits per heavy atom. The minimum absolute atomic E-state index is 0. The van der Waals surface area contributed by atoms with E-state index >= 15 is 0 Å². The Morgan fingerprint density at radius 1 is 0.920 bits per heavy atom. The molecule has 6 aromatic rings. The highest BCUT2D eigenvalue weighted by Crippen LogP contribution is 2.35. The summed E-state index contributed by atoms with van der Waals surface area (Å²) in [7, 11) is 2.02. The fourth-order valence-electron chi connectivity index (χ4n) is 6.69. The summed E-state index contributed by atoms with van der Waals surface area (Å²) in [6.45, 7) is 5.05. The summed E-state index contributed by atoms with van der Waals surface area (Å²) in [6, 6.07) is 29.4. The number of rotatable bonds is 9. The number of piperidine rings is 1. The van der Waals surface area contributed by atoms with Crippen LogP contribution in [-0.4, -0.2) is 84.7 Å². The number of hydrogen-bond donors (Lipinski definition) is 2. The molecule has 50 heavy (non-hydrogen) atoms. The highest BCUT2D eigenvalue weighted by atomic mass is 15.3. The molecule has 1 fully saturated rings. The molecular formula is C39H41N11. The van der Waals surface area contributed by atoms with Crippen molar-refractivity contribution in [1.82, 2.24) is 39.9 Å². The number of hydrazone groups is 1. The minimum atomic E-state index is -0.00665. The molecule has 2 N–H and O–H groups in total. The van der Waals surface area contributed by atoms with Gasteiger partial charge in [-0.15, -0.1) is 0 Å². The first kappa shape index (κ1) is 31.5. The van der Waals surface area contributed by atoms with Gasteiger partial charge in [0.05, 0.1) is 29.8 Å². The molecular weight excluding hydrogens is 623 g/mol. The van der Waals surface area contributed by atoms with Gasteiger partial charge in [0.2, 0.25) is 0 Å². The number of fused-ring (bicyclic) bond motifs is 1. The van der Waals surface area contributed by atoms with Crippen molar-refractivity contribution in [3.63, 3.8) is 0 Å². The second kappa shape index (κ2) is 14.0. The third-order valence-electron chi connectivity index (χ3n) is 9.79. The van der Waals surface area contributed by atoms with E-state index in [9.17, 15) is 0 Å². The molecule has 2 atom stereocenters. The number of benzene rings is 2. The number of aromatic nitrogens is 6. The SMILES string of the molecule is CC1C(/C=N/Nc2nccc3nc(-c4ccc(CN5CCC(c6nc(-c7ccccn7)n[nH]6)CC5)cc4)c(-c4ccccc4)cc23)N=CN1C.[HH]. The van der Waals surface area contributed by atoms with Gasteiger partial charge in [-0.3, -0.25) is 25.4 Å². The van der Waals surface area contributed by atoms with Gasteiger partial charge in [-0.2, -0.15) is 10.2 Å². The molecule has 11 heteroatoms. The molecule has 2 aliphatic rings. The summed E-state index contributed by atoms with van der Waals surface area (Å²) in [6.07, 6.45) is 9.32. The standard InChI is InChI=1S/C39H39N11.H2/c1-26-35(42-25-49(26)2)23-43-46-38-32-22-31(28-8-4-3-5-9-28)36(44-33(32)15-19-41-38)29-13-11-27(12-14-29)24-50-20-16-30(17-21-50)37-45-39(48-47-37)34-10-6-7-18-40-34;/h3-15,18-19,22-23,25-26,30,35H,16-17,20-21,24H2,1-2H3,(H,41,46)(H,45,47,48);1H/b43-23+;. The van der Waals surface area contributed by atoms with Crippen LogP contribution in [0.2, 0.25) is 0 Å². The predicted octanol–water partition coefficient (Wildman–Crippen LogP) is 6.90. The summed E-state index contributed by atoms with van der Waals surface area (Å²) in [5, 5.41) is 13.0. The molecule has 0 saturated carbocycles. The summed E-state index contributed by atoms with van der Waals surface area (Å²) in [5.41, 5.74) is 10.2. The van der Waals surface area contributed by atoms with Gasteiger partial charge in [-0.1, -0.05) is 60.7 Å². The van der Waals surface area contributed by atoms with Gasteiger partial charge >= 0.3 is 0 Å². The number of nitrogens with one attached hydrogen (secondary N) is 2. The molecule has 2 aromatic carbocycles. The number of hydrogen-bond acceptors (Lipinski definition) is 10. The quantitative estimate of drug-likeness (QED) is 0.127. The van der Waals surface area contributed by atoms with Crippen molar-refractivity contribution in [2.24, 2.45) is 10.1 Å². The smallest absolute Gasteiger partial charge is 0.199 e. The van der Waals surface area contributed by atoms with Crippen molar-refractivity contribution in [3.8, 4) is 33.9 Å². The number of aliphatic imine (C=N–C) groups is 1. The number of aromatic amines is 1. The molecule has 0 amide bonds. The third kappa shape index (κ3) is 6.59. The van der Waals surface area contributed by atoms with Gasteiger partial charge in [0.1, 0.15) is 17.6 Å². The van der Waals surface area contributed by atoms with Crippen LogP contribution in [0.5, 0.6) is 0 Å². The lowest BCUT2D eigenvalue weighted by molar-refractivity contribution is 0.202. The summed E-state index contributed by atoms with van der Waals surface area (Å²) < 4.78 is 0. The minimum Gasteiger partial charge on any atom is -0.361 e. The maximum Gasteiger partial charge on any atom is 0.199 e. The van der Waals surface area contributed by atoms with Crippen LogP contribution in [0.1, 0.15) is 38.5 Å². The summed E-state index contributed by atoms with van der Waals surface area (Å²) in [4.78, 5) is 28.1. The van der Waals surface area contributed by atoms with Crippen LogP contribution in [0.15, 0.2) is 107 Å². The molecule has 0 aliphatic carbocycles. The molecule has 6 heterocycles. The van der Waals surface area contributed by atoms with Crippen molar-refractivity contribution in [1.29, 1.82) is 0 Å². The zero-order valence-corrected chi connectivity index (χ0v) is 28.2. The maximum absolute atomic E-state index is 5.20. The molecule has 252 valence electrons. The Morgan fingerprint density at radius 2 is 1.74 bits per heavy atom. The number of likely N-dealkylation sites (tertiary alicyclic amines) is 1. The number of anilines is 1. The Labute approximate surface area is 292 Å². The van der Waals surface area contributed by atoms with Crippen molar-refractivity contribution in [3.05, 3.63) is 109 Å². The molecule has 0 spiro atoms. The number of nitrogens with zero attached hydrogens (tertiary/aromatic N) is 9. The van der Waals surface area contributed by atoms with Gasteiger partial charge in [-0.05, 0) is 68.2 Å². The van der Waals surface area contributed by atoms with Crippen molar-refractivity contribution < 1.29 is 1.43 Å². The fraction of sp³-hybridized carbons (Fsp3) is 0.256. The van der Waals surface area contributed by atoms with Gasteiger partial charge in [0.15, 0.2) is 11.6 Å². The zero-order valence-electron chi connectivity index (χ0n) is 28.2. The second-order valence-corrected chi connectivity index (χ2v) is 13.0. The second-order valence-electron chi connectivity index (χ2n) is 13.0. The first-order chi connectivity index (χ1) is 24.6. The molecule has 0 radical (unpaired) electrons. The molecule has 2 unspecified atom stereocenters. The van der Waals surface area contributed by atoms with E-state index in [4.69, 9.17) is 9.97 Å². The number of pyridine rings is 3. The molecule has 8 rings (SSSR count). The first-order valence-corrected chi connectivity index (χ1v) is 17.1. The van der Waals surface area contributed by atoms with Gasteiger partial charge < -0.3 is 4.90 Å². The number of likely N-dealkylation sites (N-methyl/N-ethyl adjacent to an activating group) is 1. The van der Waals surface area contributed by atoms with Crippen molar-refractivity contribution in [2.45, 2.75) is 44.3 Å². The van der Waals surface area contributed by atoms with Gasteiger partial charge in [0, 0.05) is 49.8 Å². The van der Waals surface area contributed by atoms with E-state index in [-0.39, 0.29) is 13.5 Å². The average molecular weight is 664 g/mol. The molecule has 4 aromatic heterocycles. The van der Waals surface area contributed by atoms with Crippen LogP contribution >= 0.6 is 0 Å². The number of H-pyrrole nitrogens is 1. The highest BCUT2D eigenvalue weighted by molar-refractivity contribution is 5.97. The van der Waals surface area contributed by atoms with Crippen LogP contribution < -0.4 is 5.43 Å². The van der Waals surface area contributed by atoms with E-state index in [0.717, 1.165) is 77.3 Å². The normalized spacial score (nSPS) is 18.4. The molecule has 2 aliphatic heterocycles. The van der Waals surface area contributed by atoms with E-state index in [1.807, 2.05) is 49.9 Å². The van der Waals surface area contributed by atoms with Crippen LogP contribution in [-0.2, 0) is 6.54 Å². The van der Waals surface area contributed by atoms with Crippen LogP contribution in [0.4, 0.5) is 5.82 Å². The van der Waals surface area contributed by atoms with Crippen LogP contribution in [0, 0.1) is 0 Å². The maximum atomic E-state index is 5.20. The zero-order chi connectivity index (χ0) is 33.9. The lowest BCUT2D eigenvalue weighted by Gasteiger charge is -2.31. The Balaban J connectivity index is 0.00000406. The van der Waals surface area contributed by atoms with E-state index in [1.165, 1.54) is 5.56 Å². The van der Waals surface area contributed by atoms with E-state index in [1.54, 1.807) is 12.4 Å². The lowest BCUT2D eigenvalue weighted by Crippen LogP contribution is -2.32. The molecule has 0 bridgehead atoms. The fourth-order valence-corrected chi connectivity index (χ4v) is 6.69. The summed E-state index contributed by atoms with van der Waals surface area (Å²) >= 11 is 0. The van der Waals surface area contributed by atoms with Gasteiger partial charge in [0.25, 0.3) is 0 Å². The Kier molecular flexibility index (Phi) is 8.79.